The molecule has 5 rings (SSSR count). The second-order valence-corrected chi connectivity index (χ2v) is 8.79. The fraction of sp³-hybridized carbons (Fsp3) is 0.500. The molecule has 3 aromatic heterocycles. The summed E-state index contributed by atoms with van der Waals surface area (Å²) in [5.74, 6) is 1.55. The quantitative estimate of drug-likeness (QED) is 0.377. The monoisotopic (exact) mass is 459 g/mol. The van der Waals surface area contributed by atoms with Gasteiger partial charge >= 0.3 is 0 Å². The lowest BCUT2D eigenvalue weighted by Crippen LogP contribution is -2.33. The Labute approximate surface area is 188 Å². The third-order valence-electron chi connectivity index (χ3n) is 5.96. The molecule has 32 heavy (non-hydrogen) atoms. The number of nitrogens with zero attached hydrogens (tertiary/aromatic N) is 6. The smallest absolute Gasteiger partial charge is 0.167 e. The van der Waals surface area contributed by atoms with E-state index in [0.29, 0.717) is 17.0 Å². The fourth-order valence-corrected chi connectivity index (χ4v) is 4.58. The second kappa shape index (κ2) is 8.79. The van der Waals surface area contributed by atoms with Crippen molar-refractivity contribution < 1.29 is 20.1 Å². The standard InChI is InChI=1S/C20H25N7O4S/c1-32-12-2-3-14(21-6-12)26-5-4-11(7-26)25-18-15-19(23-9-22-18)27(10-24-15)20-17(30)16(29)13(8-28)31-20/h2-3,6,9-11,13,16-17,20,28-30H,4-5,7-8H2,1H3,(H,22,23,25)/t11-,13+,16-,17?,20?/m0/s1. The van der Waals surface area contributed by atoms with Crippen LogP contribution in [-0.2, 0) is 4.74 Å². The molecule has 0 spiro atoms. The third kappa shape index (κ3) is 3.77. The van der Waals surface area contributed by atoms with E-state index >= 15 is 0 Å². The molecule has 0 radical (unpaired) electrons. The first-order chi connectivity index (χ1) is 15.6. The minimum atomic E-state index is -1.20. The lowest BCUT2D eigenvalue weighted by Gasteiger charge is -2.18. The van der Waals surface area contributed by atoms with Gasteiger partial charge in [0.2, 0.25) is 0 Å². The molecule has 0 aromatic carbocycles. The van der Waals surface area contributed by atoms with E-state index in [0.717, 1.165) is 30.2 Å². The van der Waals surface area contributed by atoms with Gasteiger partial charge in [-0.05, 0) is 24.8 Å². The van der Waals surface area contributed by atoms with Gasteiger partial charge in [-0.15, -0.1) is 11.8 Å². The summed E-state index contributed by atoms with van der Waals surface area (Å²) in [7, 11) is 0. The molecule has 11 nitrogen and oxygen atoms in total. The number of pyridine rings is 1. The van der Waals surface area contributed by atoms with E-state index in [9.17, 15) is 15.3 Å². The normalized spacial score (nSPS) is 28.0. The topological polar surface area (TPSA) is 142 Å². The van der Waals surface area contributed by atoms with E-state index < -0.39 is 31.1 Å². The molecule has 12 heteroatoms. The minimum absolute atomic E-state index is 0.161. The average molecular weight is 460 g/mol. The highest BCUT2D eigenvalue weighted by Gasteiger charge is 2.44. The number of fused-ring (bicyclic) bond motifs is 1. The highest BCUT2D eigenvalue weighted by atomic mass is 32.2. The zero-order valence-corrected chi connectivity index (χ0v) is 18.3. The van der Waals surface area contributed by atoms with Crippen LogP contribution in [0.2, 0.25) is 0 Å². The van der Waals surface area contributed by atoms with Crippen molar-refractivity contribution in [3.8, 4) is 0 Å². The molecule has 2 saturated heterocycles. The number of hydrogen-bond acceptors (Lipinski definition) is 11. The minimum Gasteiger partial charge on any atom is -0.394 e. The molecule has 2 unspecified atom stereocenters. The Bertz CT molecular complexity index is 1080. The van der Waals surface area contributed by atoms with Crippen LogP contribution in [0, 0.1) is 0 Å². The van der Waals surface area contributed by atoms with E-state index in [1.165, 1.54) is 12.7 Å². The predicted octanol–water partition coefficient (Wildman–Crippen LogP) is 0.245. The third-order valence-corrected chi connectivity index (χ3v) is 6.67. The zero-order valence-electron chi connectivity index (χ0n) is 17.4. The Kier molecular flexibility index (Phi) is 5.86. The molecule has 0 aliphatic carbocycles. The van der Waals surface area contributed by atoms with Gasteiger partial charge in [-0.1, -0.05) is 0 Å². The molecule has 2 aliphatic rings. The Morgan fingerprint density at radius 3 is 2.78 bits per heavy atom. The van der Waals surface area contributed by atoms with E-state index in [4.69, 9.17) is 4.74 Å². The van der Waals surface area contributed by atoms with Crippen LogP contribution in [0.1, 0.15) is 12.6 Å². The molecular weight excluding hydrogens is 434 g/mol. The van der Waals surface area contributed by atoms with Crippen molar-refractivity contribution in [2.24, 2.45) is 0 Å². The molecule has 0 amide bonds. The van der Waals surface area contributed by atoms with Crippen LogP contribution in [0.5, 0.6) is 0 Å². The number of imidazole rings is 1. The summed E-state index contributed by atoms with van der Waals surface area (Å²) in [6, 6.07) is 4.28. The highest BCUT2D eigenvalue weighted by molar-refractivity contribution is 7.98. The molecule has 0 bridgehead atoms. The van der Waals surface area contributed by atoms with Crippen LogP contribution in [0.25, 0.3) is 11.2 Å². The lowest BCUT2D eigenvalue weighted by atomic mass is 10.1. The number of nitrogens with one attached hydrogen (secondary N) is 1. The van der Waals surface area contributed by atoms with Gasteiger partial charge in [-0.25, -0.2) is 19.9 Å². The van der Waals surface area contributed by atoms with Gasteiger partial charge in [0.25, 0.3) is 0 Å². The maximum Gasteiger partial charge on any atom is 0.167 e. The van der Waals surface area contributed by atoms with Crippen molar-refractivity contribution in [2.75, 3.05) is 36.2 Å². The van der Waals surface area contributed by atoms with Crippen LogP contribution in [0.3, 0.4) is 0 Å². The number of hydrogen-bond donors (Lipinski definition) is 4. The summed E-state index contributed by atoms with van der Waals surface area (Å²) in [6.07, 6.45) is 3.62. The second-order valence-electron chi connectivity index (χ2n) is 7.91. The Hall–Kier alpha value is -2.51. The number of aliphatic hydroxyl groups excluding tert-OH is 3. The van der Waals surface area contributed by atoms with Gasteiger partial charge in [0.1, 0.15) is 30.5 Å². The number of aliphatic hydroxyl groups is 3. The highest BCUT2D eigenvalue weighted by Crippen LogP contribution is 2.32. The first-order valence-corrected chi connectivity index (χ1v) is 11.6. The first kappa shape index (κ1) is 21.3. The van der Waals surface area contributed by atoms with Crippen molar-refractivity contribution in [3.05, 3.63) is 31.0 Å². The average Bonchev–Trinajstić information content (AvgIpc) is 3.53. The van der Waals surface area contributed by atoms with E-state index in [1.54, 1.807) is 16.3 Å². The first-order valence-electron chi connectivity index (χ1n) is 10.4. The molecule has 2 fully saturated rings. The summed E-state index contributed by atoms with van der Waals surface area (Å²) in [5.41, 5.74) is 1.02. The van der Waals surface area contributed by atoms with Crippen LogP contribution >= 0.6 is 11.8 Å². The van der Waals surface area contributed by atoms with Gasteiger partial charge in [-0.3, -0.25) is 4.57 Å². The molecule has 3 aromatic rings. The van der Waals surface area contributed by atoms with Crippen molar-refractivity contribution in [1.82, 2.24) is 24.5 Å². The Morgan fingerprint density at radius 2 is 2.06 bits per heavy atom. The molecule has 5 atom stereocenters. The summed E-state index contributed by atoms with van der Waals surface area (Å²) in [6.45, 7) is 1.28. The summed E-state index contributed by atoms with van der Waals surface area (Å²) in [4.78, 5) is 21.0. The van der Waals surface area contributed by atoms with Crippen LogP contribution in [0.4, 0.5) is 11.6 Å². The van der Waals surface area contributed by atoms with Gasteiger partial charge in [0.15, 0.2) is 23.2 Å². The van der Waals surface area contributed by atoms with Crippen molar-refractivity contribution in [1.29, 1.82) is 0 Å². The van der Waals surface area contributed by atoms with Gasteiger partial charge < -0.3 is 30.3 Å². The number of aromatic nitrogens is 5. The summed E-state index contributed by atoms with van der Waals surface area (Å²) < 4.78 is 7.18. The van der Waals surface area contributed by atoms with Crippen molar-refractivity contribution >= 4 is 34.6 Å². The molecule has 4 N–H and O–H groups in total. The molecule has 5 heterocycles. The molecule has 170 valence electrons. The van der Waals surface area contributed by atoms with Crippen molar-refractivity contribution in [3.63, 3.8) is 0 Å². The SMILES string of the molecule is CSc1ccc(N2CC[C@H](Nc3ncnc4c3ncn4C3O[C@H](CO)[C@H](O)C3O)C2)nc1. The summed E-state index contributed by atoms with van der Waals surface area (Å²) in [5, 5.41) is 33.2. The number of anilines is 2. The lowest BCUT2D eigenvalue weighted by molar-refractivity contribution is -0.0511. The largest absolute Gasteiger partial charge is 0.394 e. The van der Waals surface area contributed by atoms with Crippen molar-refractivity contribution in [2.45, 2.75) is 41.9 Å². The Balaban J connectivity index is 1.32. The van der Waals surface area contributed by atoms with E-state index in [2.05, 4.69) is 36.2 Å². The maximum absolute atomic E-state index is 10.4. The summed E-state index contributed by atoms with van der Waals surface area (Å²) >= 11 is 1.67. The van der Waals surface area contributed by atoms with Crippen LogP contribution in [-0.4, -0.2) is 90.1 Å². The number of thioether (sulfide) groups is 1. The number of ether oxygens (including phenoxy) is 1. The Morgan fingerprint density at radius 1 is 1.19 bits per heavy atom. The predicted molar refractivity (Wildman–Crippen MR) is 119 cm³/mol. The number of rotatable bonds is 6. The van der Waals surface area contributed by atoms with Crippen LogP contribution < -0.4 is 10.2 Å². The van der Waals surface area contributed by atoms with Gasteiger partial charge in [0.05, 0.1) is 12.9 Å². The van der Waals surface area contributed by atoms with E-state index in [-0.39, 0.29) is 6.04 Å². The molecule has 2 aliphatic heterocycles. The molecule has 0 saturated carbocycles. The van der Waals surface area contributed by atoms with E-state index in [1.807, 2.05) is 18.5 Å². The maximum atomic E-state index is 10.4. The van der Waals surface area contributed by atoms with Gasteiger partial charge in [0, 0.05) is 30.2 Å². The van der Waals surface area contributed by atoms with Gasteiger partial charge in [-0.2, -0.15) is 0 Å². The van der Waals surface area contributed by atoms with Crippen LogP contribution in [0.15, 0.2) is 35.9 Å². The zero-order chi connectivity index (χ0) is 22.2. The fourth-order valence-electron chi connectivity index (χ4n) is 4.21. The molecular formula is C20H25N7O4S.